The molecule has 3 heterocycles. The molecule has 1 aromatic carbocycles. The van der Waals surface area contributed by atoms with E-state index in [1.807, 2.05) is 18.2 Å². The highest BCUT2D eigenvalue weighted by Crippen LogP contribution is 2.28. The average molecular weight is 455 g/mol. The van der Waals surface area contributed by atoms with Gasteiger partial charge in [-0.1, -0.05) is 44.2 Å². The van der Waals surface area contributed by atoms with Crippen molar-refractivity contribution in [2.45, 2.75) is 33.2 Å². The number of nitrogens with one attached hydrogen (secondary N) is 2. The molecular weight excluding hydrogens is 420 g/mol. The molecule has 32 heavy (non-hydrogen) atoms. The summed E-state index contributed by atoms with van der Waals surface area (Å²) in [5.74, 6) is 3.71. The summed E-state index contributed by atoms with van der Waals surface area (Å²) in [4.78, 5) is 14.3. The van der Waals surface area contributed by atoms with Crippen LogP contribution in [0.15, 0.2) is 36.4 Å². The fourth-order valence-corrected chi connectivity index (χ4v) is 4.87. The molecule has 2 aliphatic rings. The van der Waals surface area contributed by atoms with Gasteiger partial charge < -0.3 is 25.2 Å². The van der Waals surface area contributed by atoms with Crippen LogP contribution in [0.3, 0.4) is 0 Å². The van der Waals surface area contributed by atoms with Crippen LogP contribution < -0.4 is 20.4 Å². The highest BCUT2D eigenvalue weighted by Gasteiger charge is 2.25. The Labute approximate surface area is 196 Å². The summed E-state index contributed by atoms with van der Waals surface area (Å²) in [6.07, 6.45) is 1.26. The lowest BCUT2D eigenvalue weighted by molar-refractivity contribution is 0.122. The van der Waals surface area contributed by atoms with Gasteiger partial charge in [-0.05, 0) is 43.0 Å². The summed E-state index contributed by atoms with van der Waals surface area (Å²) in [5, 5.41) is 7.11. The van der Waals surface area contributed by atoms with E-state index in [0.717, 1.165) is 37.8 Å². The predicted octanol–water partition coefficient (Wildman–Crippen LogP) is 3.84. The molecule has 2 aromatic rings. The van der Waals surface area contributed by atoms with Crippen molar-refractivity contribution >= 4 is 34.9 Å². The summed E-state index contributed by atoms with van der Waals surface area (Å²) < 4.78 is 5.53. The highest BCUT2D eigenvalue weighted by molar-refractivity contribution is 7.80. The van der Waals surface area contributed by atoms with Gasteiger partial charge >= 0.3 is 0 Å². The van der Waals surface area contributed by atoms with Crippen LogP contribution >= 0.6 is 12.2 Å². The summed E-state index contributed by atoms with van der Waals surface area (Å²) in [5.41, 5.74) is 1.18. The van der Waals surface area contributed by atoms with Crippen LogP contribution in [0.2, 0.25) is 0 Å². The van der Waals surface area contributed by atoms with Crippen molar-refractivity contribution in [1.29, 1.82) is 0 Å². The maximum Gasteiger partial charge on any atom is 0.232 e. The van der Waals surface area contributed by atoms with E-state index < -0.39 is 0 Å². The molecule has 7 nitrogen and oxygen atoms in total. The van der Waals surface area contributed by atoms with Crippen LogP contribution in [0.25, 0.3) is 0 Å². The molecule has 8 heteroatoms. The molecule has 1 aromatic heterocycles. The molecule has 172 valence electrons. The van der Waals surface area contributed by atoms with Crippen LogP contribution in [0, 0.1) is 11.8 Å². The van der Waals surface area contributed by atoms with Gasteiger partial charge in [0, 0.05) is 32.2 Å². The number of thiocarbonyl (C=S) groups is 1. The van der Waals surface area contributed by atoms with Crippen LogP contribution in [0.4, 0.5) is 17.6 Å². The van der Waals surface area contributed by atoms with Crippen molar-refractivity contribution < 1.29 is 4.74 Å². The van der Waals surface area contributed by atoms with E-state index in [4.69, 9.17) is 26.9 Å². The lowest BCUT2D eigenvalue weighted by Gasteiger charge is -2.36. The second-order valence-electron chi connectivity index (χ2n) is 9.09. The maximum atomic E-state index is 5.60. The number of aromatic nitrogens is 2. The number of nitrogens with zero attached hydrogens (tertiary/aromatic N) is 4. The Bertz CT molecular complexity index is 895. The third-order valence-electron chi connectivity index (χ3n) is 6.10. The minimum absolute atomic E-state index is 0.0851. The van der Waals surface area contributed by atoms with Gasteiger partial charge in [0.25, 0.3) is 0 Å². The predicted molar refractivity (Wildman–Crippen MR) is 134 cm³/mol. The van der Waals surface area contributed by atoms with E-state index in [1.165, 1.54) is 12.0 Å². The number of morpholine rings is 1. The van der Waals surface area contributed by atoms with Gasteiger partial charge in [0.2, 0.25) is 5.95 Å². The van der Waals surface area contributed by atoms with Gasteiger partial charge in [-0.15, -0.1) is 0 Å². The Morgan fingerprint density at radius 3 is 2.31 bits per heavy atom. The minimum Gasteiger partial charge on any atom is -0.378 e. The number of hydrogen-bond acceptors (Lipinski definition) is 6. The second kappa shape index (κ2) is 10.4. The van der Waals surface area contributed by atoms with Crippen LogP contribution in [-0.2, 0) is 4.74 Å². The fourth-order valence-electron chi connectivity index (χ4n) is 4.60. The van der Waals surface area contributed by atoms with Crippen molar-refractivity contribution in [2.24, 2.45) is 11.8 Å². The Hall–Kier alpha value is -2.45. The summed E-state index contributed by atoms with van der Waals surface area (Å²) in [6.45, 7) is 11.8. The molecule has 0 radical (unpaired) electrons. The van der Waals surface area contributed by atoms with Gasteiger partial charge in [-0.25, -0.2) is 0 Å². The normalized spacial score (nSPS) is 22.3. The molecule has 2 aliphatic heterocycles. The number of hydrogen-bond donors (Lipinski definition) is 2. The zero-order chi connectivity index (χ0) is 22.5. The van der Waals surface area contributed by atoms with E-state index in [-0.39, 0.29) is 6.04 Å². The standard InChI is InChI=1S/C24H34N6OS/c1-17-13-18(2)16-30(15-17)22-14-21(29-9-11-31-12-10-29)26-23(27-22)28-24(32)25-19(3)20-7-5-4-6-8-20/h4-8,14,17-19H,9-13,15-16H2,1-3H3,(H2,25,26,27,28,32)/t17-,18-,19-/m1/s1. The van der Waals surface area contributed by atoms with Crippen LogP contribution in [0.1, 0.15) is 38.8 Å². The van der Waals surface area contributed by atoms with Crippen LogP contribution in [-0.4, -0.2) is 54.5 Å². The first-order valence-corrected chi connectivity index (χ1v) is 12.0. The lowest BCUT2D eigenvalue weighted by Crippen LogP contribution is -2.40. The number of benzene rings is 1. The van der Waals surface area contributed by atoms with Crippen molar-refractivity contribution in [3.05, 3.63) is 42.0 Å². The van der Waals surface area contributed by atoms with E-state index in [0.29, 0.717) is 36.1 Å². The summed E-state index contributed by atoms with van der Waals surface area (Å²) in [7, 11) is 0. The van der Waals surface area contributed by atoms with Gasteiger partial charge in [0.05, 0.1) is 19.3 Å². The molecule has 0 unspecified atom stereocenters. The quantitative estimate of drug-likeness (QED) is 0.661. The monoisotopic (exact) mass is 454 g/mol. The number of rotatable bonds is 5. The Kier molecular flexibility index (Phi) is 7.42. The van der Waals surface area contributed by atoms with Crippen molar-refractivity contribution in [1.82, 2.24) is 15.3 Å². The zero-order valence-corrected chi connectivity index (χ0v) is 20.1. The molecule has 4 rings (SSSR count). The van der Waals surface area contributed by atoms with Gasteiger partial charge in [0.15, 0.2) is 5.11 Å². The third-order valence-corrected chi connectivity index (χ3v) is 6.32. The first-order valence-electron chi connectivity index (χ1n) is 11.6. The molecule has 2 fully saturated rings. The molecule has 0 aliphatic carbocycles. The van der Waals surface area contributed by atoms with E-state index in [1.54, 1.807) is 0 Å². The average Bonchev–Trinajstić information content (AvgIpc) is 2.79. The molecule has 2 saturated heterocycles. The number of ether oxygens (including phenoxy) is 1. The molecule has 0 amide bonds. The van der Waals surface area contributed by atoms with Crippen molar-refractivity contribution in [3.8, 4) is 0 Å². The highest BCUT2D eigenvalue weighted by atomic mass is 32.1. The molecule has 0 bridgehead atoms. The smallest absolute Gasteiger partial charge is 0.232 e. The first kappa shape index (κ1) is 22.7. The third kappa shape index (κ3) is 5.86. The fraction of sp³-hybridized carbons (Fsp3) is 0.542. The minimum atomic E-state index is 0.0851. The van der Waals surface area contributed by atoms with Crippen molar-refractivity contribution in [3.63, 3.8) is 0 Å². The topological polar surface area (TPSA) is 65.6 Å². The molecule has 2 N–H and O–H groups in total. The zero-order valence-electron chi connectivity index (χ0n) is 19.3. The van der Waals surface area contributed by atoms with E-state index in [9.17, 15) is 0 Å². The van der Waals surface area contributed by atoms with Crippen LogP contribution in [0.5, 0.6) is 0 Å². The lowest BCUT2D eigenvalue weighted by atomic mass is 9.92. The maximum absolute atomic E-state index is 5.60. The second-order valence-corrected chi connectivity index (χ2v) is 9.50. The Morgan fingerprint density at radius 2 is 1.66 bits per heavy atom. The largest absolute Gasteiger partial charge is 0.378 e. The molecule has 3 atom stereocenters. The Morgan fingerprint density at radius 1 is 1.03 bits per heavy atom. The first-order chi connectivity index (χ1) is 15.5. The van der Waals surface area contributed by atoms with Gasteiger partial charge in [-0.2, -0.15) is 9.97 Å². The van der Waals surface area contributed by atoms with E-state index in [2.05, 4.69) is 59.4 Å². The number of piperidine rings is 1. The van der Waals surface area contributed by atoms with Crippen molar-refractivity contribution in [2.75, 3.05) is 54.5 Å². The molecular formula is C24H34N6OS. The SMILES string of the molecule is C[C@@H]1C[C@@H](C)CN(c2cc(N3CCOCC3)nc(NC(=S)N[C@H](C)c3ccccc3)n2)C1. The number of anilines is 3. The van der Waals surface area contributed by atoms with Gasteiger partial charge in [0.1, 0.15) is 11.6 Å². The van der Waals surface area contributed by atoms with E-state index >= 15 is 0 Å². The van der Waals surface area contributed by atoms with Gasteiger partial charge in [-0.3, -0.25) is 0 Å². The summed E-state index contributed by atoms with van der Waals surface area (Å²) >= 11 is 5.60. The molecule has 0 saturated carbocycles. The Balaban J connectivity index is 1.53. The summed E-state index contributed by atoms with van der Waals surface area (Å²) in [6, 6.07) is 12.5. The molecule has 0 spiro atoms.